The molecule has 0 fully saturated rings. The quantitative estimate of drug-likeness (QED) is 0.627. The van der Waals surface area contributed by atoms with Crippen molar-refractivity contribution in [2.24, 2.45) is 0 Å². The third-order valence-corrected chi connectivity index (χ3v) is 2.96. The summed E-state index contributed by atoms with van der Waals surface area (Å²) in [5.41, 5.74) is 0.804. The van der Waals surface area contributed by atoms with Crippen LogP contribution in [0, 0.1) is 5.82 Å². The van der Waals surface area contributed by atoms with Crippen molar-refractivity contribution in [3.8, 4) is 0 Å². The summed E-state index contributed by atoms with van der Waals surface area (Å²) in [4.78, 5) is 0. The summed E-state index contributed by atoms with van der Waals surface area (Å²) in [7, 11) is 0. The first-order valence-electron chi connectivity index (χ1n) is 5.61. The summed E-state index contributed by atoms with van der Waals surface area (Å²) in [5.74, 6) is -0.0980. The fourth-order valence-electron chi connectivity index (χ4n) is 1.67. The molecule has 0 saturated carbocycles. The zero-order valence-electron chi connectivity index (χ0n) is 9.18. The van der Waals surface area contributed by atoms with Crippen LogP contribution >= 0.6 is 11.6 Å². The maximum absolute atomic E-state index is 13.2. The third-order valence-electron chi connectivity index (χ3n) is 2.52. The molecule has 2 heteroatoms. The predicted molar refractivity (Wildman–Crippen MR) is 63.9 cm³/mol. The number of hydrogen-bond donors (Lipinski definition) is 0. The zero-order valence-corrected chi connectivity index (χ0v) is 9.93. The molecule has 0 spiro atoms. The van der Waals surface area contributed by atoms with Gasteiger partial charge in [-0.2, -0.15) is 0 Å². The second-order valence-corrected chi connectivity index (χ2v) is 4.49. The SMILES string of the molecule is CCCC(Cl)CCCc1ccccc1F. The van der Waals surface area contributed by atoms with Gasteiger partial charge in [0.25, 0.3) is 0 Å². The van der Waals surface area contributed by atoms with Crippen LogP contribution in [0.3, 0.4) is 0 Å². The van der Waals surface area contributed by atoms with E-state index in [0.29, 0.717) is 0 Å². The molecule has 0 aromatic heterocycles. The summed E-state index contributed by atoms with van der Waals surface area (Å²) < 4.78 is 13.2. The lowest BCUT2D eigenvalue weighted by Crippen LogP contribution is -1.99. The van der Waals surface area contributed by atoms with Gasteiger partial charge in [0, 0.05) is 5.38 Å². The van der Waals surface area contributed by atoms with Gasteiger partial charge in [0.05, 0.1) is 0 Å². The number of rotatable bonds is 6. The summed E-state index contributed by atoms with van der Waals surface area (Å²) >= 11 is 6.09. The van der Waals surface area contributed by atoms with E-state index in [2.05, 4.69) is 6.92 Å². The first kappa shape index (κ1) is 12.5. The van der Waals surface area contributed by atoms with Crippen molar-refractivity contribution in [2.45, 2.75) is 44.4 Å². The van der Waals surface area contributed by atoms with Crippen molar-refractivity contribution in [1.29, 1.82) is 0 Å². The van der Waals surface area contributed by atoms with Crippen LogP contribution in [0.4, 0.5) is 4.39 Å². The monoisotopic (exact) mass is 228 g/mol. The predicted octanol–water partition coefficient (Wildman–Crippen LogP) is 4.56. The molecule has 0 nitrogen and oxygen atoms in total. The van der Waals surface area contributed by atoms with E-state index >= 15 is 0 Å². The third kappa shape index (κ3) is 4.65. The number of benzene rings is 1. The fourth-order valence-corrected chi connectivity index (χ4v) is 2.05. The number of alkyl halides is 1. The van der Waals surface area contributed by atoms with Gasteiger partial charge in [0.2, 0.25) is 0 Å². The smallest absolute Gasteiger partial charge is 0.126 e. The highest BCUT2D eigenvalue weighted by Gasteiger charge is 2.04. The Morgan fingerprint density at radius 3 is 2.67 bits per heavy atom. The molecule has 0 amide bonds. The van der Waals surface area contributed by atoms with Crippen molar-refractivity contribution >= 4 is 11.6 Å². The van der Waals surface area contributed by atoms with E-state index in [0.717, 1.165) is 37.7 Å². The van der Waals surface area contributed by atoms with Crippen LogP contribution in [0.2, 0.25) is 0 Å². The van der Waals surface area contributed by atoms with Crippen molar-refractivity contribution in [3.05, 3.63) is 35.6 Å². The molecule has 1 atom stereocenters. The van der Waals surface area contributed by atoms with E-state index in [9.17, 15) is 4.39 Å². The van der Waals surface area contributed by atoms with Gasteiger partial charge in [0.15, 0.2) is 0 Å². The van der Waals surface area contributed by atoms with Crippen LogP contribution in [0.25, 0.3) is 0 Å². The number of hydrogen-bond acceptors (Lipinski definition) is 0. The maximum Gasteiger partial charge on any atom is 0.126 e. The fraction of sp³-hybridized carbons (Fsp3) is 0.538. The van der Waals surface area contributed by atoms with Crippen LogP contribution < -0.4 is 0 Å². The van der Waals surface area contributed by atoms with E-state index < -0.39 is 0 Å². The van der Waals surface area contributed by atoms with Gasteiger partial charge in [-0.25, -0.2) is 4.39 Å². The number of halogens is 2. The van der Waals surface area contributed by atoms with Crippen LogP contribution in [0.1, 0.15) is 38.2 Å². The van der Waals surface area contributed by atoms with Gasteiger partial charge in [-0.15, -0.1) is 11.6 Å². The molecule has 1 rings (SSSR count). The lowest BCUT2D eigenvalue weighted by atomic mass is 10.0. The molecule has 15 heavy (non-hydrogen) atoms. The summed E-state index contributed by atoms with van der Waals surface area (Å²) in [6, 6.07) is 6.96. The molecule has 0 aliphatic rings. The molecule has 0 heterocycles. The molecule has 0 aliphatic heterocycles. The van der Waals surface area contributed by atoms with E-state index in [4.69, 9.17) is 11.6 Å². The van der Waals surface area contributed by atoms with Crippen LogP contribution in [0.5, 0.6) is 0 Å². The average Bonchev–Trinajstić information content (AvgIpc) is 2.21. The lowest BCUT2D eigenvalue weighted by Gasteiger charge is -2.07. The Labute approximate surface area is 96.5 Å². The molecule has 0 N–H and O–H groups in total. The minimum Gasteiger partial charge on any atom is -0.207 e. The highest BCUT2D eigenvalue weighted by Crippen LogP contribution is 2.15. The highest BCUT2D eigenvalue weighted by atomic mass is 35.5. The molecule has 0 saturated heterocycles. The summed E-state index contributed by atoms with van der Waals surface area (Å²) in [6.07, 6.45) is 4.91. The largest absolute Gasteiger partial charge is 0.207 e. The second-order valence-electron chi connectivity index (χ2n) is 3.87. The van der Waals surface area contributed by atoms with Gasteiger partial charge in [-0.3, -0.25) is 0 Å². The molecular weight excluding hydrogens is 211 g/mol. The summed E-state index contributed by atoms with van der Waals surface area (Å²) in [6.45, 7) is 2.13. The average molecular weight is 229 g/mol. The van der Waals surface area contributed by atoms with E-state index in [1.165, 1.54) is 6.07 Å². The highest BCUT2D eigenvalue weighted by molar-refractivity contribution is 6.20. The van der Waals surface area contributed by atoms with Crippen molar-refractivity contribution < 1.29 is 4.39 Å². The van der Waals surface area contributed by atoms with Gasteiger partial charge in [0.1, 0.15) is 5.82 Å². The van der Waals surface area contributed by atoms with Crippen LogP contribution in [0.15, 0.2) is 24.3 Å². The van der Waals surface area contributed by atoms with E-state index in [1.54, 1.807) is 6.07 Å². The normalized spacial score (nSPS) is 12.7. The maximum atomic E-state index is 13.2. The van der Waals surface area contributed by atoms with Crippen molar-refractivity contribution in [1.82, 2.24) is 0 Å². The molecular formula is C13H18ClF. The molecule has 0 aliphatic carbocycles. The van der Waals surface area contributed by atoms with Crippen molar-refractivity contribution in [3.63, 3.8) is 0 Å². The Bertz CT molecular complexity index is 286. The first-order chi connectivity index (χ1) is 7.24. The Morgan fingerprint density at radius 2 is 2.00 bits per heavy atom. The minimum absolute atomic E-state index is 0.0980. The molecule has 0 bridgehead atoms. The topological polar surface area (TPSA) is 0 Å². The molecule has 1 unspecified atom stereocenters. The lowest BCUT2D eigenvalue weighted by molar-refractivity contribution is 0.590. The van der Waals surface area contributed by atoms with Gasteiger partial charge < -0.3 is 0 Å². The molecule has 84 valence electrons. The molecule has 1 aromatic carbocycles. The van der Waals surface area contributed by atoms with Crippen LogP contribution in [-0.2, 0) is 6.42 Å². The zero-order chi connectivity index (χ0) is 11.1. The standard InChI is InChI=1S/C13H18ClF/c1-2-6-12(14)9-5-8-11-7-3-4-10-13(11)15/h3-4,7,10,12H,2,5-6,8-9H2,1H3. The first-order valence-corrected chi connectivity index (χ1v) is 6.05. The Hall–Kier alpha value is -0.560. The summed E-state index contributed by atoms with van der Waals surface area (Å²) in [5, 5.41) is 0.252. The Morgan fingerprint density at radius 1 is 1.27 bits per heavy atom. The Balaban J connectivity index is 2.29. The van der Waals surface area contributed by atoms with Gasteiger partial charge >= 0.3 is 0 Å². The van der Waals surface area contributed by atoms with E-state index in [1.807, 2.05) is 12.1 Å². The van der Waals surface area contributed by atoms with Gasteiger partial charge in [-0.05, 0) is 37.3 Å². The minimum atomic E-state index is -0.0980. The van der Waals surface area contributed by atoms with Crippen LogP contribution in [-0.4, -0.2) is 5.38 Å². The molecule has 0 radical (unpaired) electrons. The van der Waals surface area contributed by atoms with Crippen molar-refractivity contribution in [2.75, 3.05) is 0 Å². The van der Waals surface area contributed by atoms with E-state index in [-0.39, 0.29) is 11.2 Å². The Kier molecular flexibility index (Phi) is 5.70. The molecule has 1 aromatic rings. The number of aryl methyl sites for hydroxylation is 1. The second kappa shape index (κ2) is 6.84. The van der Waals surface area contributed by atoms with Gasteiger partial charge in [-0.1, -0.05) is 31.5 Å².